The number of aryl methyl sites for hydroxylation is 1. The molecule has 0 spiro atoms. The topological polar surface area (TPSA) is 78.4 Å². The average Bonchev–Trinajstić information content (AvgIpc) is 2.85. The molecule has 2 amide bonds. The van der Waals surface area contributed by atoms with Crippen LogP contribution in [-0.4, -0.2) is 59.6 Å². The van der Waals surface area contributed by atoms with E-state index in [-0.39, 0.29) is 24.3 Å². The van der Waals surface area contributed by atoms with Gasteiger partial charge in [-0.2, -0.15) is 5.10 Å². The number of amides is 2. The van der Waals surface area contributed by atoms with Crippen molar-refractivity contribution in [3.8, 4) is 0 Å². The van der Waals surface area contributed by atoms with Crippen LogP contribution < -0.4 is 10.2 Å². The zero-order valence-corrected chi connectivity index (χ0v) is 14.8. The molecule has 7 heteroatoms. The molecule has 1 fully saturated rings. The Labute approximate surface area is 143 Å². The number of carbonyl (C=O) groups excluding carboxylic acids is 2. The van der Waals surface area contributed by atoms with Gasteiger partial charge in [0.05, 0.1) is 12.2 Å². The van der Waals surface area contributed by atoms with Crippen LogP contribution in [0.25, 0.3) is 0 Å². The highest BCUT2D eigenvalue weighted by molar-refractivity contribution is 5.85. The van der Waals surface area contributed by atoms with E-state index in [1.165, 1.54) is 0 Å². The van der Waals surface area contributed by atoms with Crippen molar-refractivity contribution in [1.29, 1.82) is 0 Å². The molecule has 0 saturated carbocycles. The summed E-state index contributed by atoms with van der Waals surface area (Å²) in [6.45, 7) is 8.72. The Bertz CT molecular complexity index is 561. The van der Waals surface area contributed by atoms with Gasteiger partial charge in [0, 0.05) is 32.1 Å². The predicted molar refractivity (Wildman–Crippen MR) is 92.6 cm³/mol. The van der Waals surface area contributed by atoms with Crippen molar-refractivity contribution in [3.05, 3.63) is 17.8 Å². The first-order valence-electron chi connectivity index (χ1n) is 8.62. The molecule has 0 radical (unpaired) electrons. The predicted octanol–water partition coefficient (Wildman–Crippen LogP) is 0.986. The van der Waals surface area contributed by atoms with Gasteiger partial charge in [-0.3, -0.25) is 9.59 Å². The van der Waals surface area contributed by atoms with E-state index in [1.807, 2.05) is 37.8 Å². The van der Waals surface area contributed by atoms with Crippen molar-refractivity contribution in [1.82, 2.24) is 20.4 Å². The lowest BCUT2D eigenvalue weighted by molar-refractivity contribution is -0.133. The molecule has 0 bridgehead atoms. The molecular weight excluding hydrogens is 306 g/mol. The first kappa shape index (κ1) is 18.2. The fourth-order valence-corrected chi connectivity index (χ4v) is 2.59. The summed E-state index contributed by atoms with van der Waals surface area (Å²) in [5, 5.41) is 11.0. The summed E-state index contributed by atoms with van der Waals surface area (Å²) in [6, 6.07) is 3.91. The van der Waals surface area contributed by atoms with Gasteiger partial charge in [-0.1, -0.05) is 13.8 Å². The highest BCUT2D eigenvalue weighted by Crippen LogP contribution is 2.13. The lowest BCUT2D eigenvalue weighted by atomic mass is 10.1. The first-order chi connectivity index (χ1) is 11.5. The van der Waals surface area contributed by atoms with E-state index in [0.717, 1.165) is 37.4 Å². The average molecular weight is 333 g/mol. The van der Waals surface area contributed by atoms with E-state index in [1.54, 1.807) is 0 Å². The number of anilines is 1. The summed E-state index contributed by atoms with van der Waals surface area (Å²) >= 11 is 0. The standard InChI is InChI=1S/C17H27N5O2/c1-4-13(2)17(24)18-12-16(23)22-9-5-8-21(10-11-22)15-7-6-14(3)19-20-15/h6-7,13H,4-5,8-12H2,1-3H3,(H,18,24). The summed E-state index contributed by atoms with van der Waals surface area (Å²) < 4.78 is 0. The molecule has 24 heavy (non-hydrogen) atoms. The number of nitrogens with one attached hydrogen (secondary N) is 1. The maximum atomic E-state index is 12.3. The van der Waals surface area contributed by atoms with E-state index in [4.69, 9.17) is 0 Å². The summed E-state index contributed by atoms with van der Waals surface area (Å²) in [5.74, 6) is 0.707. The molecule has 1 atom stereocenters. The Morgan fingerprint density at radius 3 is 2.67 bits per heavy atom. The molecule has 1 aromatic rings. The number of hydrogen-bond acceptors (Lipinski definition) is 5. The Kier molecular flexibility index (Phi) is 6.52. The lowest BCUT2D eigenvalue weighted by Crippen LogP contribution is -2.43. The van der Waals surface area contributed by atoms with Gasteiger partial charge in [0.2, 0.25) is 11.8 Å². The van der Waals surface area contributed by atoms with Gasteiger partial charge in [0.1, 0.15) is 0 Å². The molecule has 1 aromatic heterocycles. The van der Waals surface area contributed by atoms with Crippen LogP contribution in [-0.2, 0) is 9.59 Å². The number of carbonyl (C=O) groups is 2. The third kappa shape index (κ3) is 4.91. The van der Waals surface area contributed by atoms with E-state index in [9.17, 15) is 9.59 Å². The van der Waals surface area contributed by atoms with Gasteiger partial charge in [-0.05, 0) is 31.9 Å². The van der Waals surface area contributed by atoms with Gasteiger partial charge < -0.3 is 15.1 Å². The third-order valence-corrected chi connectivity index (χ3v) is 4.43. The SMILES string of the molecule is CCC(C)C(=O)NCC(=O)N1CCCN(c2ccc(C)nn2)CC1. The molecule has 2 heterocycles. The molecule has 132 valence electrons. The van der Waals surface area contributed by atoms with Gasteiger partial charge in [0.25, 0.3) is 0 Å². The van der Waals surface area contributed by atoms with Crippen molar-refractivity contribution in [3.63, 3.8) is 0 Å². The second-order valence-corrected chi connectivity index (χ2v) is 6.28. The minimum absolute atomic E-state index is 0.0245. The van der Waals surface area contributed by atoms with Crippen LogP contribution >= 0.6 is 0 Å². The molecule has 2 rings (SSSR count). The zero-order chi connectivity index (χ0) is 17.5. The Hall–Kier alpha value is -2.18. The monoisotopic (exact) mass is 333 g/mol. The number of nitrogens with zero attached hydrogens (tertiary/aromatic N) is 4. The molecule has 0 aliphatic carbocycles. The van der Waals surface area contributed by atoms with Crippen molar-refractivity contribution in [2.75, 3.05) is 37.6 Å². The summed E-state index contributed by atoms with van der Waals surface area (Å²) in [4.78, 5) is 28.1. The van der Waals surface area contributed by atoms with Crippen molar-refractivity contribution >= 4 is 17.6 Å². The Morgan fingerprint density at radius 2 is 2.00 bits per heavy atom. The number of hydrogen-bond donors (Lipinski definition) is 1. The number of rotatable bonds is 5. The smallest absolute Gasteiger partial charge is 0.242 e. The normalized spacial score (nSPS) is 16.5. The lowest BCUT2D eigenvalue weighted by Gasteiger charge is -2.23. The van der Waals surface area contributed by atoms with Gasteiger partial charge >= 0.3 is 0 Å². The summed E-state index contributed by atoms with van der Waals surface area (Å²) in [5.41, 5.74) is 0.891. The number of aromatic nitrogens is 2. The maximum Gasteiger partial charge on any atom is 0.242 e. The van der Waals surface area contributed by atoms with Crippen molar-refractivity contribution in [2.45, 2.75) is 33.6 Å². The van der Waals surface area contributed by atoms with Crippen molar-refractivity contribution < 1.29 is 9.59 Å². The Balaban J connectivity index is 1.85. The van der Waals surface area contributed by atoms with Crippen LogP contribution in [0.4, 0.5) is 5.82 Å². The highest BCUT2D eigenvalue weighted by Gasteiger charge is 2.21. The highest BCUT2D eigenvalue weighted by atomic mass is 16.2. The Morgan fingerprint density at radius 1 is 1.21 bits per heavy atom. The molecule has 1 aliphatic rings. The molecule has 1 aliphatic heterocycles. The zero-order valence-electron chi connectivity index (χ0n) is 14.8. The maximum absolute atomic E-state index is 12.3. The summed E-state index contributed by atoms with van der Waals surface area (Å²) in [6.07, 6.45) is 1.65. The second-order valence-electron chi connectivity index (χ2n) is 6.28. The fraction of sp³-hybridized carbons (Fsp3) is 0.647. The van der Waals surface area contributed by atoms with Crippen LogP contribution in [0.2, 0.25) is 0 Å². The van der Waals surface area contributed by atoms with Crippen LogP contribution in [0.5, 0.6) is 0 Å². The molecule has 1 saturated heterocycles. The van der Waals surface area contributed by atoms with Gasteiger partial charge in [-0.15, -0.1) is 5.10 Å². The minimum Gasteiger partial charge on any atom is -0.353 e. The third-order valence-electron chi connectivity index (χ3n) is 4.43. The van der Waals surface area contributed by atoms with E-state index in [2.05, 4.69) is 20.4 Å². The quantitative estimate of drug-likeness (QED) is 0.869. The second kappa shape index (κ2) is 8.61. The molecule has 7 nitrogen and oxygen atoms in total. The first-order valence-corrected chi connectivity index (χ1v) is 8.62. The van der Waals surface area contributed by atoms with Crippen LogP contribution in [0.1, 0.15) is 32.4 Å². The molecule has 1 unspecified atom stereocenters. The molecule has 1 N–H and O–H groups in total. The molecular formula is C17H27N5O2. The van der Waals surface area contributed by atoms with E-state index in [0.29, 0.717) is 13.1 Å². The van der Waals surface area contributed by atoms with Gasteiger partial charge in [0.15, 0.2) is 5.82 Å². The summed E-state index contributed by atoms with van der Waals surface area (Å²) in [7, 11) is 0. The fourth-order valence-electron chi connectivity index (χ4n) is 2.59. The molecule has 0 aromatic carbocycles. The minimum atomic E-state index is -0.0581. The van der Waals surface area contributed by atoms with Crippen LogP contribution in [0.3, 0.4) is 0 Å². The van der Waals surface area contributed by atoms with E-state index >= 15 is 0 Å². The van der Waals surface area contributed by atoms with Crippen LogP contribution in [0.15, 0.2) is 12.1 Å². The largest absolute Gasteiger partial charge is 0.353 e. The van der Waals surface area contributed by atoms with E-state index < -0.39 is 0 Å². The van der Waals surface area contributed by atoms with Crippen LogP contribution in [0, 0.1) is 12.8 Å². The van der Waals surface area contributed by atoms with Crippen molar-refractivity contribution in [2.24, 2.45) is 5.92 Å². The van der Waals surface area contributed by atoms with Gasteiger partial charge in [-0.25, -0.2) is 0 Å².